The minimum Gasteiger partial charge on any atom is -0.457 e. The molecule has 1 N–H and O–H groups in total. The largest absolute Gasteiger partial charge is 0.457 e. The quantitative estimate of drug-likeness (QED) is 0.347. The van der Waals surface area contributed by atoms with Crippen molar-refractivity contribution in [3.05, 3.63) is 90.4 Å². The van der Waals surface area contributed by atoms with Crippen molar-refractivity contribution in [2.75, 3.05) is 11.2 Å². The highest BCUT2D eigenvalue weighted by Crippen LogP contribution is 2.27. The van der Waals surface area contributed by atoms with Crippen LogP contribution in [0.3, 0.4) is 0 Å². The number of rotatable bonds is 7. The number of amides is 1. The van der Waals surface area contributed by atoms with Crippen LogP contribution in [0.1, 0.15) is 16.8 Å². The minimum atomic E-state index is -0.406. The second-order valence-corrected chi connectivity index (χ2v) is 7.24. The molecule has 0 aliphatic heterocycles. The number of nitrogens with one attached hydrogen (secondary N) is 1. The van der Waals surface area contributed by atoms with Gasteiger partial charge in [0.1, 0.15) is 17.3 Å². The van der Waals surface area contributed by atoms with Crippen molar-refractivity contribution in [2.45, 2.75) is 13.0 Å². The molecule has 0 fully saturated rings. The van der Waals surface area contributed by atoms with E-state index in [9.17, 15) is 9.18 Å². The predicted octanol–water partition coefficient (Wildman–Crippen LogP) is 6.45. The van der Waals surface area contributed by atoms with Crippen LogP contribution >= 0.6 is 11.6 Å². The van der Waals surface area contributed by atoms with Crippen LogP contribution in [-0.4, -0.2) is 16.4 Å². The van der Waals surface area contributed by atoms with Crippen molar-refractivity contribution in [3.63, 3.8) is 0 Å². The monoisotopic (exact) mass is 422 g/mol. The van der Waals surface area contributed by atoms with Crippen molar-refractivity contribution < 1.29 is 13.9 Å². The smallest absolute Gasteiger partial charge is 0.255 e. The van der Waals surface area contributed by atoms with E-state index in [1.54, 1.807) is 36.4 Å². The summed E-state index contributed by atoms with van der Waals surface area (Å²) in [5, 5.41) is 3.76. The van der Waals surface area contributed by atoms with Crippen molar-refractivity contribution in [1.29, 1.82) is 0 Å². The number of carbonyl (C=O) groups is 1. The zero-order chi connectivity index (χ0) is 20.9. The summed E-state index contributed by atoms with van der Waals surface area (Å²) in [7, 11) is 0. The third kappa shape index (κ3) is 4.63. The van der Waals surface area contributed by atoms with Crippen molar-refractivity contribution in [2.24, 2.45) is 0 Å². The molecule has 30 heavy (non-hydrogen) atoms. The maximum Gasteiger partial charge on any atom is 0.255 e. The first-order chi connectivity index (χ1) is 14.6. The van der Waals surface area contributed by atoms with E-state index in [0.29, 0.717) is 28.6 Å². The van der Waals surface area contributed by atoms with Gasteiger partial charge in [0.2, 0.25) is 0 Å². The molecule has 0 spiro atoms. The predicted molar refractivity (Wildman–Crippen MR) is 118 cm³/mol. The first kappa shape index (κ1) is 20.0. The summed E-state index contributed by atoms with van der Waals surface area (Å²) in [5.74, 6) is 1.11. The van der Waals surface area contributed by atoms with E-state index in [-0.39, 0.29) is 5.91 Å². The lowest BCUT2D eigenvalue weighted by molar-refractivity contribution is 0.102. The zero-order valence-corrected chi connectivity index (χ0v) is 16.9. The number of halogens is 2. The number of ether oxygens (including phenoxy) is 1. The SMILES string of the molecule is O=C(Nc1cccc(F)c1)c1cccc(Oc2ccc3c(ccn3CCCCl)c2)c1. The number of hydrogen-bond acceptors (Lipinski definition) is 2. The Morgan fingerprint density at radius 3 is 2.67 bits per heavy atom. The van der Waals surface area contributed by atoms with Gasteiger partial charge in [-0.05, 0) is 67.1 Å². The average Bonchev–Trinajstić information content (AvgIpc) is 3.14. The fraction of sp³-hybridized carbons (Fsp3) is 0.125. The van der Waals surface area contributed by atoms with Crippen molar-refractivity contribution >= 4 is 34.1 Å². The number of aromatic nitrogens is 1. The van der Waals surface area contributed by atoms with Crippen LogP contribution in [0.5, 0.6) is 11.5 Å². The highest BCUT2D eigenvalue weighted by atomic mass is 35.5. The van der Waals surface area contributed by atoms with Gasteiger partial charge in [-0.1, -0.05) is 12.1 Å². The molecule has 0 saturated heterocycles. The Labute approximate surface area is 178 Å². The van der Waals surface area contributed by atoms with E-state index in [4.69, 9.17) is 16.3 Å². The van der Waals surface area contributed by atoms with Crippen LogP contribution in [0.2, 0.25) is 0 Å². The van der Waals surface area contributed by atoms with Crippen molar-refractivity contribution in [1.82, 2.24) is 4.57 Å². The number of benzene rings is 3. The summed E-state index contributed by atoms with van der Waals surface area (Å²) in [6, 6.07) is 20.6. The Morgan fingerprint density at radius 2 is 1.83 bits per heavy atom. The van der Waals surface area contributed by atoms with Gasteiger partial charge in [-0.15, -0.1) is 11.6 Å². The average molecular weight is 423 g/mol. The maximum atomic E-state index is 13.3. The van der Waals surface area contributed by atoms with Gasteiger partial charge in [-0.2, -0.15) is 0 Å². The Morgan fingerprint density at radius 1 is 1.00 bits per heavy atom. The third-order valence-electron chi connectivity index (χ3n) is 4.69. The molecule has 0 atom stereocenters. The van der Waals surface area contributed by atoms with Gasteiger partial charge in [0.15, 0.2) is 0 Å². The van der Waals surface area contributed by atoms with Gasteiger partial charge >= 0.3 is 0 Å². The molecule has 0 bridgehead atoms. The van der Waals surface area contributed by atoms with Crippen molar-refractivity contribution in [3.8, 4) is 11.5 Å². The normalized spacial score (nSPS) is 10.9. The van der Waals surface area contributed by atoms with Gasteiger partial charge in [-0.3, -0.25) is 4.79 Å². The fourth-order valence-corrected chi connectivity index (χ4v) is 3.39. The van der Waals surface area contributed by atoms with Gasteiger partial charge in [-0.25, -0.2) is 4.39 Å². The van der Waals surface area contributed by atoms with Crippen LogP contribution < -0.4 is 10.1 Å². The lowest BCUT2D eigenvalue weighted by Crippen LogP contribution is -2.11. The molecular formula is C24H20ClFN2O2. The lowest BCUT2D eigenvalue weighted by atomic mass is 10.2. The number of alkyl halides is 1. The number of carbonyl (C=O) groups excluding carboxylic acids is 1. The zero-order valence-electron chi connectivity index (χ0n) is 16.1. The van der Waals surface area contributed by atoms with Crippen LogP contribution in [0.25, 0.3) is 10.9 Å². The summed E-state index contributed by atoms with van der Waals surface area (Å²) < 4.78 is 21.5. The first-order valence-electron chi connectivity index (χ1n) is 9.62. The molecule has 1 amide bonds. The van der Waals surface area contributed by atoms with Gasteiger partial charge in [0.05, 0.1) is 0 Å². The van der Waals surface area contributed by atoms with Gasteiger partial charge < -0.3 is 14.6 Å². The van der Waals surface area contributed by atoms with E-state index in [1.807, 2.05) is 30.5 Å². The molecule has 0 unspecified atom stereocenters. The number of hydrogen-bond donors (Lipinski definition) is 1. The molecule has 1 aromatic heterocycles. The van der Waals surface area contributed by atoms with E-state index in [2.05, 4.69) is 9.88 Å². The molecule has 0 saturated carbocycles. The molecule has 0 radical (unpaired) electrons. The van der Waals surface area contributed by atoms with Crippen LogP contribution in [-0.2, 0) is 6.54 Å². The van der Waals surface area contributed by atoms with E-state index < -0.39 is 5.82 Å². The molecule has 4 rings (SSSR count). The van der Waals surface area contributed by atoms with E-state index >= 15 is 0 Å². The summed E-state index contributed by atoms with van der Waals surface area (Å²) >= 11 is 5.79. The van der Waals surface area contributed by atoms with E-state index in [1.165, 1.54) is 12.1 Å². The number of aryl methyl sites for hydroxylation is 1. The molecule has 0 aliphatic rings. The molecular weight excluding hydrogens is 403 g/mol. The molecule has 4 nitrogen and oxygen atoms in total. The fourth-order valence-electron chi connectivity index (χ4n) is 3.27. The second kappa shape index (κ2) is 9.01. The maximum absolute atomic E-state index is 13.3. The molecule has 3 aromatic carbocycles. The Balaban J connectivity index is 1.49. The first-order valence-corrected chi connectivity index (χ1v) is 10.2. The van der Waals surface area contributed by atoms with Gasteiger partial charge in [0.25, 0.3) is 5.91 Å². The Kier molecular flexibility index (Phi) is 6.00. The highest BCUT2D eigenvalue weighted by Gasteiger charge is 2.09. The Bertz CT molecular complexity index is 1190. The molecule has 152 valence electrons. The minimum absolute atomic E-state index is 0.335. The van der Waals surface area contributed by atoms with Crippen LogP contribution in [0.4, 0.5) is 10.1 Å². The third-order valence-corrected chi connectivity index (χ3v) is 4.96. The number of anilines is 1. The number of fused-ring (bicyclic) bond motifs is 1. The highest BCUT2D eigenvalue weighted by molar-refractivity contribution is 6.17. The van der Waals surface area contributed by atoms with E-state index in [0.717, 1.165) is 23.9 Å². The number of nitrogens with zero attached hydrogens (tertiary/aromatic N) is 1. The topological polar surface area (TPSA) is 43.3 Å². The summed E-state index contributed by atoms with van der Waals surface area (Å²) in [5.41, 5.74) is 1.94. The lowest BCUT2D eigenvalue weighted by Gasteiger charge is -2.09. The molecule has 1 heterocycles. The van der Waals surface area contributed by atoms with Crippen LogP contribution in [0.15, 0.2) is 79.0 Å². The van der Waals surface area contributed by atoms with Crippen LogP contribution in [0, 0.1) is 5.82 Å². The second-order valence-electron chi connectivity index (χ2n) is 6.87. The molecule has 4 aromatic rings. The summed E-state index contributed by atoms with van der Waals surface area (Å²) in [6.07, 6.45) is 2.95. The summed E-state index contributed by atoms with van der Waals surface area (Å²) in [4.78, 5) is 12.5. The summed E-state index contributed by atoms with van der Waals surface area (Å²) in [6.45, 7) is 0.871. The Hall–Kier alpha value is -3.31. The standard InChI is InChI=1S/C24H20ClFN2O2/c25-11-3-12-28-13-10-17-14-22(8-9-23(17)28)30-21-7-1-4-18(15-21)24(29)27-20-6-2-5-19(26)16-20/h1-2,4-10,13-16H,3,11-12H2,(H,27,29). The van der Waals surface area contributed by atoms with Gasteiger partial charge in [0, 0.05) is 40.8 Å². The molecule has 0 aliphatic carbocycles. The molecule has 6 heteroatoms.